The first-order valence-corrected chi connectivity index (χ1v) is 8.05. The molecule has 146 valence electrons. The van der Waals surface area contributed by atoms with Crippen molar-refractivity contribution >= 4 is 11.7 Å². The molecule has 3 heterocycles. The molecular weight excluding hydrogens is 377 g/mol. The third kappa shape index (κ3) is 3.92. The summed E-state index contributed by atoms with van der Waals surface area (Å²) in [4.78, 5) is 20.6. The number of carbonyl (C=O) groups excluding carboxylic acids is 1. The SMILES string of the molecule is COc1ncccc1C(=O)Nc1cccc(-c2nncn2[C@@H](C)C(F)(F)F)n1. The van der Waals surface area contributed by atoms with Gasteiger partial charge in [-0.2, -0.15) is 13.2 Å². The highest BCUT2D eigenvalue weighted by atomic mass is 19.4. The van der Waals surface area contributed by atoms with E-state index < -0.39 is 18.1 Å². The van der Waals surface area contributed by atoms with Gasteiger partial charge in [-0.05, 0) is 31.2 Å². The molecule has 0 radical (unpaired) electrons. The zero-order chi connectivity index (χ0) is 20.3. The predicted octanol–water partition coefficient (Wildman–Crippen LogP) is 3.12. The second kappa shape index (κ2) is 7.62. The number of pyridine rings is 2. The number of halogens is 3. The summed E-state index contributed by atoms with van der Waals surface area (Å²) >= 11 is 0. The van der Waals surface area contributed by atoms with E-state index in [0.717, 1.165) is 17.8 Å². The minimum atomic E-state index is -4.47. The van der Waals surface area contributed by atoms with Crippen LogP contribution in [0.2, 0.25) is 0 Å². The van der Waals surface area contributed by atoms with Gasteiger partial charge in [-0.3, -0.25) is 4.79 Å². The van der Waals surface area contributed by atoms with Crippen molar-refractivity contribution in [1.82, 2.24) is 24.7 Å². The Balaban J connectivity index is 1.88. The predicted molar refractivity (Wildman–Crippen MR) is 92.8 cm³/mol. The maximum atomic E-state index is 13.0. The summed E-state index contributed by atoms with van der Waals surface area (Å²) in [5.41, 5.74) is 0.315. The van der Waals surface area contributed by atoms with Gasteiger partial charge in [0.1, 0.15) is 29.4 Å². The molecule has 0 aromatic carbocycles. The number of nitrogens with zero attached hydrogens (tertiary/aromatic N) is 5. The maximum absolute atomic E-state index is 13.0. The van der Waals surface area contributed by atoms with E-state index in [-0.39, 0.29) is 28.8 Å². The Hall–Kier alpha value is -3.50. The Morgan fingerprint density at radius 3 is 2.75 bits per heavy atom. The van der Waals surface area contributed by atoms with Crippen LogP contribution in [0.15, 0.2) is 42.9 Å². The van der Waals surface area contributed by atoms with Gasteiger partial charge in [-0.25, -0.2) is 9.97 Å². The molecule has 0 saturated carbocycles. The number of anilines is 1. The number of methoxy groups -OCH3 is 1. The molecule has 3 rings (SSSR count). The van der Waals surface area contributed by atoms with Crippen molar-refractivity contribution in [2.24, 2.45) is 0 Å². The Morgan fingerprint density at radius 1 is 1.25 bits per heavy atom. The maximum Gasteiger partial charge on any atom is 0.408 e. The first-order chi connectivity index (χ1) is 13.3. The minimum absolute atomic E-state index is 0.0696. The third-order valence-electron chi connectivity index (χ3n) is 3.89. The van der Waals surface area contributed by atoms with Crippen molar-refractivity contribution in [2.45, 2.75) is 19.1 Å². The van der Waals surface area contributed by atoms with Crippen molar-refractivity contribution in [2.75, 3.05) is 12.4 Å². The molecule has 0 saturated heterocycles. The average Bonchev–Trinajstić information content (AvgIpc) is 3.16. The Kier molecular flexibility index (Phi) is 5.25. The number of nitrogens with one attached hydrogen (secondary N) is 1. The van der Waals surface area contributed by atoms with Crippen LogP contribution in [0.1, 0.15) is 23.3 Å². The summed E-state index contributed by atoms with van der Waals surface area (Å²) in [5.74, 6) is -0.336. The molecule has 0 fully saturated rings. The number of rotatable bonds is 5. The van der Waals surface area contributed by atoms with Gasteiger partial charge in [0, 0.05) is 6.20 Å². The van der Waals surface area contributed by atoms with Crippen molar-refractivity contribution in [3.8, 4) is 17.4 Å². The summed E-state index contributed by atoms with van der Waals surface area (Å²) in [6.45, 7) is 0.993. The average molecular weight is 392 g/mol. The van der Waals surface area contributed by atoms with Crippen LogP contribution in [-0.2, 0) is 0 Å². The molecule has 3 aromatic heterocycles. The highest BCUT2D eigenvalue weighted by Gasteiger charge is 2.38. The van der Waals surface area contributed by atoms with Gasteiger partial charge < -0.3 is 14.6 Å². The summed E-state index contributed by atoms with van der Waals surface area (Å²) in [6, 6.07) is 5.77. The molecule has 0 aliphatic carbocycles. The molecule has 1 amide bonds. The van der Waals surface area contributed by atoms with Gasteiger partial charge >= 0.3 is 6.18 Å². The van der Waals surface area contributed by atoms with Crippen molar-refractivity contribution in [3.05, 3.63) is 48.4 Å². The lowest BCUT2D eigenvalue weighted by Gasteiger charge is -2.18. The van der Waals surface area contributed by atoms with Crippen molar-refractivity contribution in [3.63, 3.8) is 0 Å². The van der Waals surface area contributed by atoms with Gasteiger partial charge in [0.2, 0.25) is 5.88 Å². The fraction of sp³-hybridized carbons (Fsp3) is 0.235. The molecule has 11 heteroatoms. The number of ether oxygens (including phenoxy) is 1. The second-order valence-electron chi connectivity index (χ2n) is 5.70. The van der Waals surface area contributed by atoms with E-state index in [9.17, 15) is 18.0 Å². The molecule has 28 heavy (non-hydrogen) atoms. The Labute approximate surface area is 157 Å². The molecular formula is C17H15F3N6O2. The lowest BCUT2D eigenvalue weighted by molar-refractivity contribution is -0.162. The number of carbonyl (C=O) groups is 1. The van der Waals surface area contributed by atoms with E-state index in [1.807, 2.05) is 0 Å². The smallest absolute Gasteiger partial charge is 0.408 e. The number of hydrogen-bond donors (Lipinski definition) is 1. The Bertz CT molecular complexity index is 989. The summed E-state index contributed by atoms with van der Waals surface area (Å²) in [7, 11) is 1.38. The van der Waals surface area contributed by atoms with E-state index in [0.29, 0.717) is 0 Å². The van der Waals surface area contributed by atoms with E-state index in [2.05, 4.69) is 25.5 Å². The van der Waals surface area contributed by atoms with E-state index in [1.54, 1.807) is 6.07 Å². The first-order valence-electron chi connectivity index (χ1n) is 8.05. The number of hydrogen-bond acceptors (Lipinski definition) is 6. The van der Waals surface area contributed by atoms with Crippen LogP contribution >= 0.6 is 0 Å². The lowest BCUT2D eigenvalue weighted by Crippen LogP contribution is -2.24. The summed E-state index contributed by atoms with van der Waals surface area (Å²) in [6.07, 6.45) is -2.01. The fourth-order valence-electron chi connectivity index (χ4n) is 2.41. The molecule has 0 unspecified atom stereocenters. The van der Waals surface area contributed by atoms with Crippen LogP contribution in [0.5, 0.6) is 5.88 Å². The van der Waals surface area contributed by atoms with Gasteiger partial charge in [0.15, 0.2) is 5.82 Å². The minimum Gasteiger partial charge on any atom is -0.480 e. The molecule has 0 aliphatic heterocycles. The van der Waals surface area contributed by atoms with Crippen molar-refractivity contribution < 1.29 is 22.7 Å². The number of amides is 1. The fourth-order valence-corrected chi connectivity index (χ4v) is 2.41. The van der Waals surface area contributed by atoms with Crippen LogP contribution in [0.25, 0.3) is 11.5 Å². The van der Waals surface area contributed by atoms with Gasteiger partial charge in [-0.1, -0.05) is 6.07 Å². The Morgan fingerprint density at radius 2 is 2.04 bits per heavy atom. The molecule has 3 aromatic rings. The molecule has 0 aliphatic rings. The monoisotopic (exact) mass is 392 g/mol. The molecule has 0 bridgehead atoms. The molecule has 1 N–H and O–H groups in total. The van der Waals surface area contributed by atoms with E-state index in [4.69, 9.17) is 4.74 Å². The topological polar surface area (TPSA) is 94.8 Å². The zero-order valence-corrected chi connectivity index (χ0v) is 14.8. The largest absolute Gasteiger partial charge is 0.480 e. The van der Waals surface area contributed by atoms with Gasteiger partial charge in [-0.15, -0.1) is 10.2 Å². The second-order valence-corrected chi connectivity index (χ2v) is 5.70. The van der Waals surface area contributed by atoms with Crippen LogP contribution in [-0.4, -0.2) is 43.9 Å². The van der Waals surface area contributed by atoms with E-state index in [1.165, 1.54) is 37.6 Å². The highest BCUT2D eigenvalue weighted by molar-refractivity contribution is 6.05. The van der Waals surface area contributed by atoms with Crippen LogP contribution < -0.4 is 10.1 Å². The highest BCUT2D eigenvalue weighted by Crippen LogP contribution is 2.32. The molecule has 0 spiro atoms. The number of alkyl halides is 3. The van der Waals surface area contributed by atoms with Crippen LogP contribution in [0.3, 0.4) is 0 Å². The molecule has 1 atom stereocenters. The molecule has 8 nitrogen and oxygen atoms in total. The lowest BCUT2D eigenvalue weighted by atomic mass is 10.2. The van der Waals surface area contributed by atoms with E-state index >= 15 is 0 Å². The quantitative estimate of drug-likeness (QED) is 0.717. The van der Waals surface area contributed by atoms with Crippen molar-refractivity contribution in [1.29, 1.82) is 0 Å². The first kappa shape index (κ1) is 19.3. The van der Waals surface area contributed by atoms with Gasteiger partial charge in [0.05, 0.1) is 7.11 Å². The van der Waals surface area contributed by atoms with Crippen LogP contribution in [0, 0.1) is 0 Å². The third-order valence-corrected chi connectivity index (χ3v) is 3.89. The summed E-state index contributed by atoms with van der Waals surface area (Å²) < 4.78 is 45.1. The number of aromatic nitrogens is 5. The zero-order valence-electron chi connectivity index (χ0n) is 14.8. The summed E-state index contributed by atoms with van der Waals surface area (Å²) in [5, 5.41) is 9.85. The van der Waals surface area contributed by atoms with Crippen LogP contribution in [0.4, 0.5) is 19.0 Å². The normalized spacial score (nSPS) is 12.5. The standard InChI is InChI=1S/C17H15F3N6O2/c1-10(17(18,19)20)26-9-22-25-14(26)12-6-3-7-13(23-12)24-15(27)11-5-4-8-21-16(11)28-2/h3-10H,1-2H3,(H,23,24,27)/t10-/m0/s1. The van der Waals surface area contributed by atoms with Gasteiger partial charge in [0.25, 0.3) is 5.91 Å².